The van der Waals surface area contributed by atoms with Crippen molar-refractivity contribution in [2.45, 2.75) is 39.3 Å². The molecule has 1 aromatic rings. The third-order valence-corrected chi connectivity index (χ3v) is 3.85. The summed E-state index contributed by atoms with van der Waals surface area (Å²) < 4.78 is 10.5. The minimum atomic E-state index is -1.12. The zero-order valence-corrected chi connectivity index (χ0v) is 15.7. The van der Waals surface area contributed by atoms with E-state index in [0.29, 0.717) is 18.0 Å². The first-order valence-corrected chi connectivity index (χ1v) is 8.52. The Kier molecular flexibility index (Phi) is 6.04. The Morgan fingerprint density at radius 1 is 1.26 bits per heavy atom. The van der Waals surface area contributed by atoms with Gasteiger partial charge in [0.15, 0.2) is 6.10 Å². The van der Waals surface area contributed by atoms with Gasteiger partial charge in [-0.25, -0.2) is 4.79 Å². The van der Waals surface area contributed by atoms with Gasteiger partial charge in [-0.15, -0.1) is 0 Å². The van der Waals surface area contributed by atoms with E-state index >= 15 is 0 Å². The lowest BCUT2D eigenvalue weighted by Gasteiger charge is -2.18. The Morgan fingerprint density at radius 2 is 1.93 bits per heavy atom. The molecule has 0 saturated carbocycles. The van der Waals surface area contributed by atoms with Crippen LogP contribution in [0.3, 0.4) is 0 Å². The van der Waals surface area contributed by atoms with Gasteiger partial charge in [-0.1, -0.05) is 12.1 Å². The highest BCUT2D eigenvalue weighted by Gasteiger charge is 2.45. The lowest BCUT2D eigenvalue weighted by molar-refractivity contribution is -0.155. The first-order valence-electron chi connectivity index (χ1n) is 8.52. The molecule has 1 saturated heterocycles. The van der Waals surface area contributed by atoms with E-state index in [1.807, 2.05) is 6.92 Å². The van der Waals surface area contributed by atoms with E-state index < -0.39 is 42.0 Å². The number of hydrogen-bond donors (Lipinski definition) is 2. The molecule has 9 heteroatoms. The van der Waals surface area contributed by atoms with E-state index in [1.54, 1.807) is 24.3 Å². The number of urea groups is 1. The number of esters is 1. The summed E-state index contributed by atoms with van der Waals surface area (Å²) in [5.74, 6) is -1.47. The molecule has 1 aromatic carbocycles. The topological polar surface area (TPSA) is 114 Å². The number of nitrogens with one attached hydrogen (secondary N) is 2. The number of anilines is 1. The van der Waals surface area contributed by atoms with Crippen molar-refractivity contribution >= 4 is 29.5 Å². The van der Waals surface area contributed by atoms with Crippen LogP contribution in [0.2, 0.25) is 0 Å². The molecule has 1 fully saturated rings. The number of carbonyl (C=O) groups is 4. The number of ether oxygens (including phenoxy) is 2. The molecule has 0 aliphatic carbocycles. The third kappa shape index (κ3) is 4.75. The minimum absolute atomic E-state index is 0.430. The summed E-state index contributed by atoms with van der Waals surface area (Å²) in [4.78, 5) is 48.9. The van der Waals surface area contributed by atoms with Crippen molar-refractivity contribution in [3.8, 4) is 5.75 Å². The summed E-state index contributed by atoms with van der Waals surface area (Å²) in [7, 11) is 0. The fourth-order valence-electron chi connectivity index (χ4n) is 2.46. The van der Waals surface area contributed by atoms with Crippen molar-refractivity contribution in [2.75, 3.05) is 18.5 Å². The Balaban J connectivity index is 1.94. The molecule has 1 atom stereocenters. The molecular formula is C18H23N3O6. The standard InChI is InChI=1S/C18H23N3O6/c1-5-26-13-9-7-6-8-12(13)19-15(23)11(2)27-14(22)10-21-16(24)18(3,4)20-17(21)25/h6-9,11H,5,10H2,1-4H3,(H,19,23)(H,20,25). The zero-order chi connectivity index (χ0) is 20.2. The Hall–Kier alpha value is -3.10. The van der Waals surface area contributed by atoms with Crippen LogP contribution in [0.5, 0.6) is 5.75 Å². The number of nitrogens with zero attached hydrogens (tertiary/aromatic N) is 1. The van der Waals surface area contributed by atoms with Crippen molar-refractivity contribution in [1.29, 1.82) is 0 Å². The molecule has 1 unspecified atom stereocenters. The second-order valence-corrected chi connectivity index (χ2v) is 6.50. The maximum absolute atomic E-state index is 12.3. The van der Waals surface area contributed by atoms with E-state index in [9.17, 15) is 19.2 Å². The molecular weight excluding hydrogens is 354 g/mol. The van der Waals surface area contributed by atoms with Crippen molar-refractivity contribution in [3.63, 3.8) is 0 Å². The Bertz CT molecular complexity index is 761. The van der Waals surface area contributed by atoms with Gasteiger partial charge in [0.2, 0.25) is 0 Å². The number of hydrogen-bond acceptors (Lipinski definition) is 6. The summed E-state index contributed by atoms with van der Waals surface area (Å²) in [5.41, 5.74) is -0.633. The summed E-state index contributed by atoms with van der Waals surface area (Å²) in [6.07, 6.45) is -1.12. The van der Waals surface area contributed by atoms with E-state index in [4.69, 9.17) is 9.47 Å². The van der Waals surface area contributed by atoms with E-state index in [-0.39, 0.29) is 0 Å². The second-order valence-electron chi connectivity index (χ2n) is 6.50. The van der Waals surface area contributed by atoms with Crippen molar-refractivity contribution < 1.29 is 28.7 Å². The van der Waals surface area contributed by atoms with E-state index in [1.165, 1.54) is 20.8 Å². The number of benzene rings is 1. The van der Waals surface area contributed by atoms with Gasteiger partial charge in [0.25, 0.3) is 11.8 Å². The number of para-hydroxylation sites is 2. The molecule has 2 N–H and O–H groups in total. The Labute approximate surface area is 157 Å². The smallest absolute Gasteiger partial charge is 0.327 e. The molecule has 0 aromatic heterocycles. The largest absolute Gasteiger partial charge is 0.492 e. The van der Waals surface area contributed by atoms with Gasteiger partial charge in [-0.05, 0) is 39.8 Å². The number of imide groups is 1. The van der Waals surface area contributed by atoms with Crippen LogP contribution in [0.15, 0.2) is 24.3 Å². The zero-order valence-electron chi connectivity index (χ0n) is 15.7. The van der Waals surface area contributed by atoms with Crippen LogP contribution in [0.1, 0.15) is 27.7 Å². The predicted molar refractivity (Wildman–Crippen MR) is 96.1 cm³/mol. The molecule has 0 spiro atoms. The lowest BCUT2D eigenvalue weighted by Crippen LogP contribution is -2.42. The van der Waals surface area contributed by atoms with Crippen molar-refractivity contribution in [2.24, 2.45) is 0 Å². The van der Waals surface area contributed by atoms with Gasteiger partial charge in [0.05, 0.1) is 12.3 Å². The molecule has 0 bridgehead atoms. The average Bonchev–Trinajstić information content (AvgIpc) is 2.78. The van der Waals surface area contributed by atoms with Crippen LogP contribution >= 0.6 is 0 Å². The van der Waals surface area contributed by atoms with E-state index in [0.717, 1.165) is 4.90 Å². The van der Waals surface area contributed by atoms with Gasteiger partial charge in [-0.2, -0.15) is 0 Å². The van der Waals surface area contributed by atoms with Gasteiger partial charge in [0.1, 0.15) is 17.8 Å². The monoisotopic (exact) mass is 377 g/mol. The maximum Gasteiger partial charge on any atom is 0.327 e. The molecule has 2 rings (SSSR count). The normalized spacial score (nSPS) is 16.5. The van der Waals surface area contributed by atoms with Gasteiger partial charge >= 0.3 is 12.0 Å². The first-order chi connectivity index (χ1) is 12.7. The summed E-state index contributed by atoms with van der Waals surface area (Å²) in [6, 6.07) is 6.18. The highest BCUT2D eigenvalue weighted by atomic mass is 16.5. The first kappa shape index (κ1) is 20.2. The highest BCUT2D eigenvalue weighted by Crippen LogP contribution is 2.24. The van der Waals surface area contributed by atoms with Crippen LogP contribution in [0.4, 0.5) is 10.5 Å². The molecule has 0 radical (unpaired) electrons. The van der Waals surface area contributed by atoms with Crippen molar-refractivity contribution in [3.05, 3.63) is 24.3 Å². The number of carbonyl (C=O) groups excluding carboxylic acids is 4. The third-order valence-electron chi connectivity index (χ3n) is 3.85. The van der Waals surface area contributed by atoms with Crippen LogP contribution < -0.4 is 15.4 Å². The van der Waals surface area contributed by atoms with Gasteiger partial charge in [0, 0.05) is 0 Å². The summed E-state index contributed by atoms with van der Waals surface area (Å²) >= 11 is 0. The van der Waals surface area contributed by atoms with Gasteiger partial charge < -0.3 is 20.1 Å². The maximum atomic E-state index is 12.3. The average molecular weight is 377 g/mol. The summed E-state index contributed by atoms with van der Waals surface area (Å²) in [6.45, 7) is 6.14. The molecule has 1 aliphatic heterocycles. The SMILES string of the molecule is CCOc1ccccc1NC(=O)C(C)OC(=O)CN1C(=O)NC(C)(C)C1=O. The van der Waals surface area contributed by atoms with Gasteiger partial charge in [-0.3, -0.25) is 19.3 Å². The van der Waals surface area contributed by atoms with Crippen LogP contribution in [-0.2, 0) is 19.1 Å². The second kappa shape index (κ2) is 8.07. The molecule has 1 heterocycles. The minimum Gasteiger partial charge on any atom is -0.492 e. The number of amides is 4. The highest BCUT2D eigenvalue weighted by molar-refractivity contribution is 6.08. The molecule has 4 amide bonds. The molecule has 27 heavy (non-hydrogen) atoms. The van der Waals surface area contributed by atoms with E-state index in [2.05, 4.69) is 10.6 Å². The molecule has 1 aliphatic rings. The quantitative estimate of drug-likeness (QED) is 0.547. The molecule has 146 valence electrons. The summed E-state index contributed by atoms with van der Waals surface area (Å²) in [5, 5.41) is 5.09. The lowest BCUT2D eigenvalue weighted by atomic mass is 10.1. The van der Waals surface area contributed by atoms with Crippen LogP contribution in [-0.4, -0.2) is 53.5 Å². The predicted octanol–water partition coefficient (Wildman–Crippen LogP) is 1.29. The molecule has 9 nitrogen and oxygen atoms in total. The van der Waals surface area contributed by atoms with Crippen molar-refractivity contribution in [1.82, 2.24) is 10.2 Å². The van der Waals surface area contributed by atoms with Crippen LogP contribution in [0.25, 0.3) is 0 Å². The Morgan fingerprint density at radius 3 is 2.52 bits per heavy atom. The number of rotatable bonds is 7. The fraction of sp³-hybridized carbons (Fsp3) is 0.444. The fourth-order valence-corrected chi connectivity index (χ4v) is 2.46. The van der Waals surface area contributed by atoms with Crippen LogP contribution in [0, 0.1) is 0 Å².